The number of carbonyl (C=O) groups excluding carboxylic acids is 3. The molecule has 3 heterocycles. The van der Waals surface area contributed by atoms with Crippen molar-refractivity contribution >= 4 is 45.2 Å². The summed E-state index contributed by atoms with van der Waals surface area (Å²) in [6.45, 7) is 1.60. The second-order valence-corrected chi connectivity index (χ2v) is 9.44. The fourth-order valence-corrected chi connectivity index (χ4v) is 4.84. The number of fused-ring (bicyclic) bond motifs is 1. The van der Waals surface area contributed by atoms with E-state index in [2.05, 4.69) is 20.6 Å². The van der Waals surface area contributed by atoms with E-state index in [0.717, 1.165) is 16.5 Å². The minimum atomic E-state index is -0.769. The molecule has 0 aliphatic carbocycles. The largest absolute Gasteiger partial charge is 0.360 e. The van der Waals surface area contributed by atoms with Gasteiger partial charge in [0.1, 0.15) is 6.04 Å². The number of amides is 4. The lowest BCUT2D eigenvalue weighted by Crippen LogP contribution is -2.56. The van der Waals surface area contributed by atoms with Gasteiger partial charge in [-0.3, -0.25) is 9.59 Å². The van der Waals surface area contributed by atoms with Crippen LogP contribution in [0, 0.1) is 0 Å². The summed E-state index contributed by atoms with van der Waals surface area (Å²) >= 11 is 1.32. The molecular formula is C26H26N6O3S. The topological polar surface area (TPSA) is 110 Å². The van der Waals surface area contributed by atoms with Crippen LogP contribution in [0.15, 0.2) is 72.4 Å². The van der Waals surface area contributed by atoms with E-state index in [-0.39, 0.29) is 17.8 Å². The lowest BCUT2D eigenvalue weighted by Gasteiger charge is -2.35. The van der Waals surface area contributed by atoms with Gasteiger partial charge in [0.15, 0.2) is 5.13 Å². The number of hydrogen-bond donors (Lipinski definition) is 3. The van der Waals surface area contributed by atoms with E-state index in [9.17, 15) is 14.4 Å². The van der Waals surface area contributed by atoms with Crippen LogP contribution >= 0.6 is 11.3 Å². The molecule has 0 bridgehead atoms. The van der Waals surface area contributed by atoms with E-state index in [1.807, 2.05) is 54.6 Å². The second kappa shape index (κ2) is 10.6. The zero-order valence-corrected chi connectivity index (χ0v) is 20.3. The number of aromatic nitrogens is 2. The van der Waals surface area contributed by atoms with E-state index in [1.54, 1.807) is 27.6 Å². The van der Waals surface area contributed by atoms with Crippen molar-refractivity contribution in [1.82, 2.24) is 25.1 Å². The number of anilines is 1. The van der Waals surface area contributed by atoms with Gasteiger partial charge >= 0.3 is 6.03 Å². The molecule has 1 atom stereocenters. The molecular weight excluding hydrogens is 476 g/mol. The first-order valence-corrected chi connectivity index (χ1v) is 12.6. The molecule has 0 saturated carbocycles. The highest BCUT2D eigenvalue weighted by molar-refractivity contribution is 7.13. The molecule has 5 rings (SSSR count). The molecule has 184 valence electrons. The van der Waals surface area contributed by atoms with E-state index >= 15 is 0 Å². The van der Waals surface area contributed by atoms with Gasteiger partial charge in [0.25, 0.3) is 5.91 Å². The molecule has 1 aliphatic rings. The van der Waals surface area contributed by atoms with Crippen molar-refractivity contribution in [2.45, 2.75) is 12.5 Å². The number of carbonyl (C=O) groups is 3. The van der Waals surface area contributed by atoms with E-state index in [4.69, 9.17) is 0 Å². The molecule has 9 nitrogen and oxygen atoms in total. The van der Waals surface area contributed by atoms with Crippen LogP contribution in [0.1, 0.15) is 15.9 Å². The van der Waals surface area contributed by atoms with Crippen LogP contribution in [-0.4, -0.2) is 69.8 Å². The van der Waals surface area contributed by atoms with Crippen molar-refractivity contribution in [2.75, 3.05) is 31.5 Å². The van der Waals surface area contributed by atoms with Gasteiger partial charge in [-0.1, -0.05) is 48.5 Å². The number of H-pyrrole nitrogens is 1. The van der Waals surface area contributed by atoms with Gasteiger partial charge in [0, 0.05) is 61.3 Å². The molecule has 1 unspecified atom stereocenters. The van der Waals surface area contributed by atoms with Gasteiger partial charge in [0.05, 0.1) is 5.56 Å². The first kappa shape index (κ1) is 23.6. The van der Waals surface area contributed by atoms with Crippen molar-refractivity contribution in [1.29, 1.82) is 0 Å². The molecule has 4 amide bonds. The molecule has 2 aromatic heterocycles. The molecule has 36 heavy (non-hydrogen) atoms. The number of hydrogen-bond acceptors (Lipinski definition) is 5. The maximum absolute atomic E-state index is 13.1. The molecule has 10 heteroatoms. The normalized spacial score (nSPS) is 14.4. The Morgan fingerprint density at radius 3 is 2.44 bits per heavy atom. The minimum absolute atomic E-state index is 0.0581. The van der Waals surface area contributed by atoms with Crippen molar-refractivity contribution in [3.8, 4) is 0 Å². The third-order valence-electron chi connectivity index (χ3n) is 6.23. The van der Waals surface area contributed by atoms with Crippen LogP contribution in [0.5, 0.6) is 0 Å². The van der Waals surface area contributed by atoms with Gasteiger partial charge in [-0.05, 0) is 11.6 Å². The molecule has 1 fully saturated rings. The minimum Gasteiger partial charge on any atom is -0.360 e. The van der Waals surface area contributed by atoms with Crippen molar-refractivity contribution in [3.05, 3.63) is 83.5 Å². The zero-order valence-electron chi connectivity index (χ0n) is 19.5. The molecule has 1 saturated heterocycles. The molecule has 1 aliphatic heterocycles. The lowest BCUT2D eigenvalue weighted by molar-refractivity contribution is -0.118. The quantitative estimate of drug-likeness (QED) is 0.376. The van der Waals surface area contributed by atoms with Crippen LogP contribution < -0.4 is 10.6 Å². The number of nitrogens with zero attached hydrogens (tertiary/aromatic N) is 3. The monoisotopic (exact) mass is 502 g/mol. The third-order valence-corrected chi connectivity index (χ3v) is 6.92. The van der Waals surface area contributed by atoms with Gasteiger partial charge in [-0.25, -0.2) is 9.78 Å². The summed E-state index contributed by atoms with van der Waals surface area (Å²) < 4.78 is 0. The summed E-state index contributed by atoms with van der Waals surface area (Å²) in [5.74, 6) is -0.382. The summed E-state index contributed by atoms with van der Waals surface area (Å²) in [7, 11) is 0. The van der Waals surface area contributed by atoms with Crippen molar-refractivity contribution in [2.24, 2.45) is 0 Å². The van der Waals surface area contributed by atoms with Crippen LogP contribution in [0.4, 0.5) is 9.93 Å². The number of rotatable bonds is 6. The predicted molar refractivity (Wildman–Crippen MR) is 139 cm³/mol. The Labute approximate surface area is 212 Å². The first-order valence-electron chi connectivity index (χ1n) is 11.7. The fourth-order valence-electron chi connectivity index (χ4n) is 4.31. The smallest absolute Gasteiger partial charge is 0.318 e. The number of para-hydroxylation sites is 1. The highest BCUT2D eigenvalue weighted by Crippen LogP contribution is 2.20. The van der Waals surface area contributed by atoms with Gasteiger partial charge < -0.3 is 25.4 Å². The average Bonchev–Trinajstić information content (AvgIpc) is 3.58. The third kappa shape index (κ3) is 5.23. The Balaban J connectivity index is 1.21. The van der Waals surface area contributed by atoms with Crippen LogP contribution in [0.25, 0.3) is 10.9 Å². The summed E-state index contributed by atoms with van der Waals surface area (Å²) in [5.41, 5.74) is 2.48. The fraction of sp³-hybridized carbons (Fsp3) is 0.231. The molecule has 0 spiro atoms. The molecule has 3 N–H and O–H groups in total. The Hall–Kier alpha value is -4.18. The zero-order chi connectivity index (χ0) is 24.9. The highest BCUT2D eigenvalue weighted by Gasteiger charge is 2.29. The SMILES string of the molecule is O=C(Nc1nccs1)C(Cc1ccccc1)NC(=O)N1CCN(C(=O)c2c[nH]c3ccccc23)CC1. The van der Waals surface area contributed by atoms with E-state index in [1.165, 1.54) is 11.3 Å². The maximum Gasteiger partial charge on any atom is 0.318 e. The van der Waals surface area contributed by atoms with Crippen molar-refractivity contribution < 1.29 is 14.4 Å². The number of urea groups is 1. The molecule has 4 aromatic rings. The Morgan fingerprint density at radius 2 is 1.69 bits per heavy atom. The number of piperazine rings is 1. The van der Waals surface area contributed by atoms with Gasteiger partial charge in [0.2, 0.25) is 5.91 Å². The Morgan fingerprint density at radius 1 is 0.972 bits per heavy atom. The molecule has 0 radical (unpaired) electrons. The summed E-state index contributed by atoms with van der Waals surface area (Å²) in [6.07, 6.45) is 3.70. The highest BCUT2D eigenvalue weighted by atomic mass is 32.1. The van der Waals surface area contributed by atoms with E-state index in [0.29, 0.717) is 43.3 Å². The Bertz CT molecular complexity index is 1350. The summed E-state index contributed by atoms with van der Waals surface area (Å²) in [5, 5.41) is 8.81. The number of aromatic amines is 1. The maximum atomic E-state index is 13.1. The number of nitrogens with one attached hydrogen (secondary N) is 3. The second-order valence-electron chi connectivity index (χ2n) is 8.55. The van der Waals surface area contributed by atoms with Gasteiger partial charge in [-0.15, -0.1) is 11.3 Å². The predicted octanol–water partition coefficient (Wildman–Crippen LogP) is 3.34. The van der Waals surface area contributed by atoms with Crippen LogP contribution in [-0.2, 0) is 11.2 Å². The van der Waals surface area contributed by atoms with Gasteiger partial charge in [-0.2, -0.15) is 0 Å². The summed E-state index contributed by atoms with van der Waals surface area (Å²) in [6, 6.07) is 16.1. The number of benzene rings is 2. The number of thiazole rings is 1. The standard InChI is InChI=1S/C26H26N6O3S/c33-23(30-25-27-10-15-36-25)22(16-18-6-2-1-3-7-18)29-26(35)32-13-11-31(12-14-32)24(34)20-17-28-21-9-5-4-8-19(20)21/h1-10,15,17,22,28H,11-14,16H2,(H,29,35)(H,27,30,33). The first-order chi connectivity index (χ1) is 17.6. The van der Waals surface area contributed by atoms with Crippen LogP contribution in [0.2, 0.25) is 0 Å². The summed E-state index contributed by atoms with van der Waals surface area (Å²) in [4.78, 5) is 49.8. The Kier molecular flexibility index (Phi) is 6.94. The lowest BCUT2D eigenvalue weighted by atomic mass is 10.1. The van der Waals surface area contributed by atoms with Crippen LogP contribution in [0.3, 0.4) is 0 Å². The van der Waals surface area contributed by atoms with Crippen molar-refractivity contribution in [3.63, 3.8) is 0 Å². The molecule has 2 aromatic carbocycles. The average molecular weight is 503 g/mol. The van der Waals surface area contributed by atoms with E-state index < -0.39 is 6.04 Å².